The van der Waals surface area contributed by atoms with Gasteiger partial charge in [0.15, 0.2) is 0 Å². The highest BCUT2D eigenvalue weighted by Crippen LogP contribution is 2.23. The first kappa shape index (κ1) is 13.5. The fraction of sp³-hybridized carbons (Fsp3) is 0.538. The Balaban J connectivity index is 2.17. The highest BCUT2D eigenvalue weighted by molar-refractivity contribution is 7.88. The third kappa shape index (κ3) is 2.91. The Kier molecular flexibility index (Phi) is 4.04. The molecule has 0 amide bonds. The maximum atomic E-state index is 12.4. The maximum Gasteiger partial charge on any atom is 0.218 e. The van der Waals surface area contributed by atoms with Gasteiger partial charge in [-0.3, -0.25) is 0 Å². The fourth-order valence-corrected chi connectivity index (χ4v) is 4.33. The monoisotopic (exact) mass is 268 g/mol. The molecule has 2 N–H and O–H groups in total. The molecule has 18 heavy (non-hydrogen) atoms. The van der Waals surface area contributed by atoms with Crippen molar-refractivity contribution in [2.45, 2.75) is 31.6 Å². The molecule has 0 aliphatic carbocycles. The highest BCUT2D eigenvalue weighted by Gasteiger charge is 2.33. The average molecular weight is 268 g/mol. The van der Waals surface area contributed by atoms with Crippen LogP contribution in [0.3, 0.4) is 0 Å². The lowest BCUT2D eigenvalue weighted by atomic mass is 10.2. The van der Waals surface area contributed by atoms with Crippen molar-refractivity contribution in [2.24, 2.45) is 5.73 Å². The van der Waals surface area contributed by atoms with Gasteiger partial charge in [0.05, 0.1) is 5.75 Å². The first-order valence-corrected chi connectivity index (χ1v) is 7.89. The van der Waals surface area contributed by atoms with Gasteiger partial charge in [-0.15, -0.1) is 0 Å². The van der Waals surface area contributed by atoms with Gasteiger partial charge < -0.3 is 5.73 Å². The number of sulfonamides is 1. The van der Waals surface area contributed by atoms with E-state index in [0.29, 0.717) is 13.1 Å². The van der Waals surface area contributed by atoms with Crippen molar-refractivity contribution < 1.29 is 8.42 Å². The van der Waals surface area contributed by atoms with E-state index in [1.165, 1.54) is 0 Å². The van der Waals surface area contributed by atoms with Crippen LogP contribution in [0.25, 0.3) is 0 Å². The Morgan fingerprint density at radius 2 is 2.22 bits per heavy atom. The molecule has 0 radical (unpaired) electrons. The Morgan fingerprint density at radius 1 is 1.44 bits per heavy atom. The fourth-order valence-electron chi connectivity index (χ4n) is 2.51. The zero-order chi connectivity index (χ0) is 13.2. The molecule has 0 bridgehead atoms. The number of benzene rings is 1. The Bertz CT molecular complexity index is 513. The molecule has 1 aromatic rings. The maximum absolute atomic E-state index is 12.4. The number of nitrogens with two attached hydrogens (primary N) is 1. The van der Waals surface area contributed by atoms with Crippen molar-refractivity contribution in [3.05, 3.63) is 35.4 Å². The second-order valence-electron chi connectivity index (χ2n) is 4.89. The van der Waals surface area contributed by atoms with Gasteiger partial charge in [-0.1, -0.05) is 29.8 Å². The normalized spacial score (nSPS) is 21.3. The van der Waals surface area contributed by atoms with Crippen LogP contribution in [0.1, 0.15) is 24.0 Å². The number of aryl methyl sites for hydroxylation is 1. The molecule has 0 unspecified atom stereocenters. The molecule has 1 atom stereocenters. The average Bonchev–Trinajstić information content (AvgIpc) is 2.77. The molecular formula is C13H20N2O2S. The Hall–Kier alpha value is -0.910. The van der Waals surface area contributed by atoms with E-state index in [1.807, 2.05) is 31.2 Å². The molecule has 100 valence electrons. The van der Waals surface area contributed by atoms with Crippen molar-refractivity contribution in [2.75, 3.05) is 13.1 Å². The Morgan fingerprint density at radius 3 is 2.89 bits per heavy atom. The van der Waals surface area contributed by atoms with Crippen molar-refractivity contribution in [1.82, 2.24) is 4.31 Å². The summed E-state index contributed by atoms with van der Waals surface area (Å²) in [4.78, 5) is 0. The lowest BCUT2D eigenvalue weighted by Crippen LogP contribution is -2.40. The molecule has 0 aromatic heterocycles. The van der Waals surface area contributed by atoms with E-state index in [-0.39, 0.29) is 11.8 Å². The molecule has 1 aliphatic heterocycles. The number of rotatable bonds is 4. The SMILES string of the molecule is Cc1cccc(CS(=O)(=O)N2CCC[C@@H]2CN)c1. The summed E-state index contributed by atoms with van der Waals surface area (Å²) in [6, 6.07) is 7.63. The predicted molar refractivity (Wildman–Crippen MR) is 72.6 cm³/mol. The summed E-state index contributed by atoms with van der Waals surface area (Å²) >= 11 is 0. The lowest BCUT2D eigenvalue weighted by molar-refractivity contribution is 0.392. The molecule has 2 rings (SSSR count). The second kappa shape index (κ2) is 5.38. The van der Waals surface area contributed by atoms with Crippen LogP contribution in [0.15, 0.2) is 24.3 Å². The summed E-state index contributed by atoms with van der Waals surface area (Å²) in [5, 5.41) is 0. The molecule has 4 nitrogen and oxygen atoms in total. The number of nitrogens with zero attached hydrogens (tertiary/aromatic N) is 1. The standard InChI is InChI=1S/C13H20N2O2S/c1-11-4-2-5-12(8-11)10-18(16,17)15-7-3-6-13(15)9-14/h2,4-5,8,13H,3,6-7,9-10,14H2,1H3/t13-/m1/s1. The largest absolute Gasteiger partial charge is 0.329 e. The first-order valence-electron chi connectivity index (χ1n) is 6.28. The van der Waals surface area contributed by atoms with Gasteiger partial charge in [-0.25, -0.2) is 8.42 Å². The molecule has 0 spiro atoms. The van der Waals surface area contributed by atoms with Crippen LogP contribution in [-0.4, -0.2) is 31.9 Å². The van der Waals surface area contributed by atoms with Crippen molar-refractivity contribution >= 4 is 10.0 Å². The van der Waals surface area contributed by atoms with E-state index in [2.05, 4.69) is 0 Å². The molecule has 1 saturated heterocycles. The molecule has 1 aromatic carbocycles. The lowest BCUT2D eigenvalue weighted by Gasteiger charge is -2.22. The minimum absolute atomic E-state index is 0.0141. The minimum atomic E-state index is -3.24. The first-order chi connectivity index (χ1) is 8.53. The van der Waals surface area contributed by atoms with Crippen LogP contribution < -0.4 is 5.73 Å². The van der Waals surface area contributed by atoms with Crippen LogP contribution in [-0.2, 0) is 15.8 Å². The van der Waals surface area contributed by atoms with Crippen LogP contribution >= 0.6 is 0 Å². The van der Waals surface area contributed by atoms with Gasteiger partial charge in [-0.05, 0) is 25.3 Å². The predicted octanol–water partition coefficient (Wildman–Crippen LogP) is 1.25. The summed E-state index contributed by atoms with van der Waals surface area (Å²) in [5.41, 5.74) is 7.56. The van der Waals surface area contributed by atoms with Crippen LogP contribution in [0.4, 0.5) is 0 Å². The van der Waals surface area contributed by atoms with Gasteiger partial charge in [0.25, 0.3) is 0 Å². The molecule has 1 aliphatic rings. The van der Waals surface area contributed by atoms with Crippen molar-refractivity contribution in [1.29, 1.82) is 0 Å². The van der Waals surface area contributed by atoms with Gasteiger partial charge in [0, 0.05) is 19.1 Å². The minimum Gasteiger partial charge on any atom is -0.329 e. The summed E-state index contributed by atoms with van der Waals surface area (Å²) < 4.78 is 26.3. The molecule has 0 saturated carbocycles. The molecule has 5 heteroatoms. The third-order valence-corrected chi connectivity index (χ3v) is 5.28. The van der Waals surface area contributed by atoms with Gasteiger partial charge >= 0.3 is 0 Å². The van der Waals surface area contributed by atoms with Gasteiger partial charge in [-0.2, -0.15) is 4.31 Å². The highest BCUT2D eigenvalue weighted by atomic mass is 32.2. The van der Waals surface area contributed by atoms with Crippen LogP contribution in [0.2, 0.25) is 0 Å². The zero-order valence-electron chi connectivity index (χ0n) is 10.7. The summed E-state index contributed by atoms with van der Waals surface area (Å²) in [5.74, 6) is 0.0746. The van der Waals surface area contributed by atoms with Crippen LogP contribution in [0.5, 0.6) is 0 Å². The van der Waals surface area contributed by atoms with E-state index in [1.54, 1.807) is 4.31 Å². The summed E-state index contributed by atoms with van der Waals surface area (Å²) in [6.07, 6.45) is 1.79. The second-order valence-corrected chi connectivity index (χ2v) is 6.81. The van der Waals surface area contributed by atoms with Crippen LogP contribution in [0, 0.1) is 6.92 Å². The quantitative estimate of drug-likeness (QED) is 0.894. The van der Waals surface area contributed by atoms with Crippen molar-refractivity contribution in [3.63, 3.8) is 0 Å². The van der Waals surface area contributed by atoms with E-state index in [4.69, 9.17) is 5.73 Å². The smallest absolute Gasteiger partial charge is 0.218 e. The topological polar surface area (TPSA) is 63.4 Å². The van der Waals surface area contributed by atoms with Gasteiger partial charge in [0.2, 0.25) is 10.0 Å². The molecule has 1 fully saturated rings. The molecular weight excluding hydrogens is 248 g/mol. The zero-order valence-corrected chi connectivity index (χ0v) is 11.5. The third-order valence-electron chi connectivity index (χ3n) is 3.38. The van der Waals surface area contributed by atoms with E-state index in [0.717, 1.165) is 24.0 Å². The summed E-state index contributed by atoms with van der Waals surface area (Å²) in [6.45, 7) is 2.98. The number of hydrogen-bond acceptors (Lipinski definition) is 3. The molecule has 1 heterocycles. The van der Waals surface area contributed by atoms with E-state index >= 15 is 0 Å². The van der Waals surface area contributed by atoms with E-state index < -0.39 is 10.0 Å². The van der Waals surface area contributed by atoms with Crippen molar-refractivity contribution in [3.8, 4) is 0 Å². The van der Waals surface area contributed by atoms with Gasteiger partial charge in [0.1, 0.15) is 0 Å². The summed E-state index contributed by atoms with van der Waals surface area (Å²) in [7, 11) is -3.24. The Labute approximate surface area is 109 Å². The van der Waals surface area contributed by atoms with E-state index in [9.17, 15) is 8.42 Å². The number of hydrogen-bond donors (Lipinski definition) is 1.